The van der Waals surface area contributed by atoms with Gasteiger partial charge >= 0.3 is 0 Å². The number of nitrogens with two attached hydrogens (primary N) is 1. The number of fused-ring (bicyclic) bond motifs is 1. The summed E-state index contributed by atoms with van der Waals surface area (Å²) < 4.78 is 5.21. The van der Waals surface area contributed by atoms with Gasteiger partial charge in [-0.15, -0.1) is 0 Å². The summed E-state index contributed by atoms with van der Waals surface area (Å²) in [5, 5.41) is 9.49. The average Bonchev–Trinajstić information content (AvgIpc) is 2.93. The molecule has 2 aromatic rings. The molecule has 0 radical (unpaired) electrons. The molecule has 7 nitrogen and oxygen atoms in total. The quantitative estimate of drug-likeness (QED) is 0.770. The minimum Gasteiger partial charge on any atom is -0.484 e. The monoisotopic (exact) mass is 286 g/mol. The van der Waals surface area contributed by atoms with Crippen molar-refractivity contribution in [2.45, 2.75) is 12.3 Å². The first-order chi connectivity index (χ1) is 10.1. The largest absolute Gasteiger partial charge is 0.484 e. The number of aromatic nitrogens is 2. The highest BCUT2D eigenvalue weighted by atomic mass is 16.5. The van der Waals surface area contributed by atoms with Crippen LogP contribution in [0.4, 0.5) is 5.82 Å². The minimum absolute atomic E-state index is 0.0438. The van der Waals surface area contributed by atoms with E-state index in [1.54, 1.807) is 18.3 Å². The number of benzene rings is 1. The normalized spacial score (nSPS) is 17.0. The van der Waals surface area contributed by atoms with E-state index >= 15 is 0 Å². The number of hydrogen-bond acceptors (Lipinski definition) is 4. The molecule has 2 heterocycles. The van der Waals surface area contributed by atoms with E-state index in [-0.39, 0.29) is 18.4 Å². The van der Waals surface area contributed by atoms with Gasteiger partial charge in [0.25, 0.3) is 5.91 Å². The molecule has 0 spiro atoms. The molecule has 0 saturated heterocycles. The van der Waals surface area contributed by atoms with Crippen LogP contribution in [0.3, 0.4) is 0 Å². The highest BCUT2D eigenvalue weighted by Crippen LogP contribution is 2.36. The molecule has 7 heteroatoms. The Morgan fingerprint density at radius 1 is 1.38 bits per heavy atom. The van der Waals surface area contributed by atoms with Crippen LogP contribution >= 0.6 is 0 Å². The predicted octanol–water partition coefficient (Wildman–Crippen LogP) is 0.748. The van der Waals surface area contributed by atoms with Gasteiger partial charge in [0.2, 0.25) is 5.91 Å². The van der Waals surface area contributed by atoms with Crippen molar-refractivity contribution < 1.29 is 14.3 Å². The maximum Gasteiger partial charge on any atom is 0.255 e. The van der Waals surface area contributed by atoms with Crippen LogP contribution in [0.2, 0.25) is 0 Å². The SMILES string of the molecule is NC(=O)COc1ccc([C@H]2CC(=O)Nc3[nH]ncc32)cc1. The van der Waals surface area contributed by atoms with Gasteiger partial charge in [0.1, 0.15) is 11.6 Å². The van der Waals surface area contributed by atoms with Gasteiger partial charge in [-0.05, 0) is 17.7 Å². The fraction of sp³-hybridized carbons (Fsp3) is 0.214. The summed E-state index contributed by atoms with van der Waals surface area (Å²) in [7, 11) is 0. The number of aromatic amines is 1. The van der Waals surface area contributed by atoms with E-state index in [1.807, 2.05) is 12.1 Å². The van der Waals surface area contributed by atoms with Crippen molar-refractivity contribution in [1.29, 1.82) is 0 Å². The Morgan fingerprint density at radius 2 is 2.14 bits per heavy atom. The molecule has 1 aromatic heterocycles. The van der Waals surface area contributed by atoms with Crippen molar-refractivity contribution in [2.24, 2.45) is 5.73 Å². The Balaban J connectivity index is 1.82. The smallest absolute Gasteiger partial charge is 0.255 e. The third-order valence-corrected chi connectivity index (χ3v) is 3.36. The zero-order valence-corrected chi connectivity index (χ0v) is 11.1. The van der Waals surface area contributed by atoms with Crippen LogP contribution in [0.15, 0.2) is 30.5 Å². The number of nitrogens with zero attached hydrogens (tertiary/aromatic N) is 1. The Bertz CT molecular complexity index is 678. The Morgan fingerprint density at radius 3 is 2.86 bits per heavy atom. The Hall–Kier alpha value is -2.83. The van der Waals surface area contributed by atoms with E-state index in [4.69, 9.17) is 10.5 Å². The van der Waals surface area contributed by atoms with E-state index in [0.29, 0.717) is 18.0 Å². The van der Waals surface area contributed by atoms with Crippen LogP contribution in [0.1, 0.15) is 23.5 Å². The number of nitrogens with one attached hydrogen (secondary N) is 2. The van der Waals surface area contributed by atoms with Crippen molar-refractivity contribution >= 4 is 17.6 Å². The van der Waals surface area contributed by atoms with E-state index in [0.717, 1.165) is 11.1 Å². The molecule has 0 unspecified atom stereocenters. The van der Waals surface area contributed by atoms with Gasteiger partial charge in [-0.3, -0.25) is 14.7 Å². The lowest BCUT2D eigenvalue weighted by Gasteiger charge is -2.22. The van der Waals surface area contributed by atoms with E-state index in [2.05, 4.69) is 15.5 Å². The standard InChI is InChI=1S/C14H14N4O3/c15-12(19)7-21-9-3-1-8(2-4-9)10-5-13(20)17-14-11(10)6-16-18-14/h1-4,6,10H,5,7H2,(H2,15,19)(H2,16,17,18,20)/t10-/m1/s1. The van der Waals surface area contributed by atoms with Crippen LogP contribution < -0.4 is 15.8 Å². The number of rotatable bonds is 4. The first kappa shape index (κ1) is 13.2. The number of H-pyrrole nitrogens is 1. The second kappa shape index (κ2) is 5.28. The maximum absolute atomic E-state index is 11.7. The number of hydrogen-bond donors (Lipinski definition) is 3. The van der Waals surface area contributed by atoms with Crippen LogP contribution in [-0.2, 0) is 9.59 Å². The van der Waals surface area contributed by atoms with Crippen molar-refractivity contribution in [3.05, 3.63) is 41.6 Å². The molecule has 1 aliphatic heterocycles. The minimum atomic E-state index is -0.522. The molecule has 1 aromatic carbocycles. The summed E-state index contributed by atoms with van der Waals surface area (Å²) in [5.74, 6) is 0.588. The fourth-order valence-corrected chi connectivity index (χ4v) is 2.39. The van der Waals surface area contributed by atoms with Gasteiger partial charge in [-0.25, -0.2) is 0 Å². The first-order valence-electron chi connectivity index (χ1n) is 6.47. The molecule has 0 aliphatic carbocycles. The Kier molecular flexibility index (Phi) is 3.31. The molecule has 0 fully saturated rings. The molecule has 0 bridgehead atoms. The number of ether oxygens (including phenoxy) is 1. The van der Waals surface area contributed by atoms with Gasteiger partial charge in [0, 0.05) is 17.9 Å². The summed E-state index contributed by atoms with van der Waals surface area (Å²) in [5.41, 5.74) is 6.97. The van der Waals surface area contributed by atoms with Crippen molar-refractivity contribution in [2.75, 3.05) is 11.9 Å². The van der Waals surface area contributed by atoms with Crippen LogP contribution in [0.25, 0.3) is 0 Å². The summed E-state index contributed by atoms with van der Waals surface area (Å²) in [6.45, 7) is -0.156. The highest BCUT2D eigenvalue weighted by molar-refractivity contribution is 5.94. The van der Waals surface area contributed by atoms with Gasteiger partial charge in [-0.1, -0.05) is 12.1 Å². The average molecular weight is 286 g/mol. The van der Waals surface area contributed by atoms with Crippen LogP contribution in [0.5, 0.6) is 5.75 Å². The lowest BCUT2D eigenvalue weighted by atomic mass is 9.87. The summed E-state index contributed by atoms with van der Waals surface area (Å²) in [6, 6.07) is 7.25. The summed E-state index contributed by atoms with van der Waals surface area (Å²) >= 11 is 0. The van der Waals surface area contributed by atoms with Crippen molar-refractivity contribution in [1.82, 2.24) is 10.2 Å². The predicted molar refractivity (Wildman–Crippen MR) is 74.8 cm³/mol. The molecule has 21 heavy (non-hydrogen) atoms. The van der Waals surface area contributed by atoms with Crippen molar-refractivity contribution in [3.63, 3.8) is 0 Å². The molecular weight excluding hydrogens is 272 g/mol. The van der Waals surface area contributed by atoms with E-state index in [9.17, 15) is 9.59 Å². The van der Waals surface area contributed by atoms with E-state index < -0.39 is 5.91 Å². The molecule has 108 valence electrons. The lowest BCUT2D eigenvalue weighted by molar-refractivity contribution is -0.120. The molecule has 0 saturated carbocycles. The molecular formula is C14H14N4O3. The second-order valence-corrected chi connectivity index (χ2v) is 4.83. The van der Waals surface area contributed by atoms with Gasteiger partial charge in [-0.2, -0.15) is 5.10 Å². The topological polar surface area (TPSA) is 110 Å². The van der Waals surface area contributed by atoms with Gasteiger partial charge in [0.15, 0.2) is 6.61 Å². The third-order valence-electron chi connectivity index (χ3n) is 3.36. The molecule has 4 N–H and O–H groups in total. The number of amides is 2. The molecule has 3 rings (SSSR count). The summed E-state index contributed by atoms with van der Waals surface area (Å²) in [4.78, 5) is 22.4. The first-order valence-corrected chi connectivity index (χ1v) is 6.47. The van der Waals surface area contributed by atoms with Crippen molar-refractivity contribution in [3.8, 4) is 5.75 Å². The fourth-order valence-electron chi connectivity index (χ4n) is 2.39. The third kappa shape index (κ3) is 2.71. The zero-order valence-electron chi connectivity index (χ0n) is 11.1. The van der Waals surface area contributed by atoms with Crippen LogP contribution in [-0.4, -0.2) is 28.6 Å². The molecule has 1 aliphatic rings. The Labute approximate surface area is 120 Å². The van der Waals surface area contributed by atoms with Gasteiger partial charge < -0.3 is 15.8 Å². The second-order valence-electron chi connectivity index (χ2n) is 4.83. The highest BCUT2D eigenvalue weighted by Gasteiger charge is 2.27. The number of anilines is 1. The maximum atomic E-state index is 11.7. The number of carbonyl (C=O) groups is 2. The molecule has 1 atom stereocenters. The number of primary amides is 1. The molecule has 2 amide bonds. The number of carbonyl (C=O) groups excluding carboxylic acids is 2. The van der Waals surface area contributed by atoms with Gasteiger partial charge in [0.05, 0.1) is 6.20 Å². The summed E-state index contributed by atoms with van der Waals surface area (Å²) in [6.07, 6.45) is 2.09. The zero-order chi connectivity index (χ0) is 14.8. The lowest BCUT2D eigenvalue weighted by Crippen LogP contribution is -2.23. The van der Waals surface area contributed by atoms with Crippen LogP contribution in [0, 0.1) is 0 Å². The van der Waals surface area contributed by atoms with E-state index in [1.165, 1.54) is 0 Å².